The lowest BCUT2D eigenvalue weighted by Crippen LogP contribution is -2.49. The van der Waals surface area contributed by atoms with Crippen molar-refractivity contribution in [3.63, 3.8) is 0 Å². The van der Waals surface area contributed by atoms with Gasteiger partial charge in [0.05, 0.1) is 10.6 Å². The van der Waals surface area contributed by atoms with E-state index in [-0.39, 0.29) is 5.91 Å². The number of anilines is 1. The van der Waals surface area contributed by atoms with E-state index in [0.29, 0.717) is 16.4 Å². The van der Waals surface area contributed by atoms with Crippen molar-refractivity contribution >= 4 is 23.3 Å². The number of hydrogen-bond donors (Lipinski definition) is 1. The maximum atomic E-state index is 12.6. The van der Waals surface area contributed by atoms with Gasteiger partial charge in [-0.05, 0) is 24.8 Å². The number of nitrogens with zero attached hydrogens (tertiary/aromatic N) is 3. The summed E-state index contributed by atoms with van der Waals surface area (Å²) in [6.45, 7) is 4.67. The third-order valence-corrected chi connectivity index (χ3v) is 4.52. The first-order valence-corrected chi connectivity index (χ1v) is 7.90. The molecule has 1 saturated carbocycles. The fraction of sp³-hybridized carbons (Fsp3) is 0.600. The molecule has 2 fully saturated rings. The highest BCUT2D eigenvalue weighted by molar-refractivity contribution is 6.33. The molecule has 1 saturated heterocycles. The number of rotatable bonds is 4. The van der Waals surface area contributed by atoms with Gasteiger partial charge in [-0.3, -0.25) is 9.69 Å². The van der Waals surface area contributed by atoms with E-state index in [2.05, 4.69) is 15.2 Å². The molecule has 1 aromatic heterocycles. The highest BCUT2D eigenvalue weighted by atomic mass is 35.5. The lowest BCUT2D eigenvalue weighted by atomic mass is 10.2. The molecular weight excluding hydrogens is 288 g/mol. The Morgan fingerprint density at radius 3 is 2.71 bits per heavy atom. The molecule has 0 aromatic carbocycles. The summed E-state index contributed by atoms with van der Waals surface area (Å²) in [7, 11) is 1.78. The van der Waals surface area contributed by atoms with Gasteiger partial charge in [0.15, 0.2) is 0 Å². The maximum absolute atomic E-state index is 12.6. The van der Waals surface area contributed by atoms with Crippen molar-refractivity contribution < 1.29 is 4.79 Å². The van der Waals surface area contributed by atoms with Crippen LogP contribution >= 0.6 is 11.6 Å². The zero-order valence-electron chi connectivity index (χ0n) is 12.3. The molecule has 2 aliphatic rings. The summed E-state index contributed by atoms with van der Waals surface area (Å²) >= 11 is 6.12. The molecule has 5 nitrogen and oxygen atoms in total. The fourth-order valence-corrected chi connectivity index (χ4v) is 2.89. The molecule has 1 aliphatic heterocycles. The molecule has 21 heavy (non-hydrogen) atoms. The third kappa shape index (κ3) is 3.47. The zero-order chi connectivity index (χ0) is 14.8. The van der Waals surface area contributed by atoms with Crippen LogP contribution in [0.1, 0.15) is 23.2 Å². The summed E-state index contributed by atoms with van der Waals surface area (Å²) in [4.78, 5) is 21.1. The second-order valence-electron chi connectivity index (χ2n) is 5.84. The monoisotopic (exact) mass is 308 g/mol. The van der Waals surface area contributed by atoms with Crippen LogP contribution in [0, 0.1) is 5.92 Å². The van der Waals surface area contributed by atoms with Crippen molar-refractivity contribution in [2.45, 2.75) is 12.8 Å². The summed E-state index contributed by atoms with van der Waals surface area (Å²) in [6.07, 6.45) is 4.28. The van der Waals surface area contributed by atoms with E-state index in [9.17, 15) is 4.79 Å². The normalized spacial score (nSPS) is 19.6. The topological polar surface area (TPSA) is 48.5 Å². The second-order valence-corrected chi connectivity index (χ2v) is 6.24. The first-order chi connectivity index (χ1) is 10.2. The van der Waals surface area contributed by atoms with Crippen LogP contribution in [0.15, 0.2) is 12.3 Å². The summed E-state index contributed by atoms with van der Waals surface area (Å²) in [5.41, 5.74) is 0.534. The number of halogens is 1. The lowest BCUT2D eigenvalue weighted by molar-refractivity contribution is 0.0632. The number of amides is 1. The highest BCUT2D eigenvalue weighted by Crippen LogP contribution is 2.30. The highest BCUT2D eigenvalue weighted by Gasteiger charge is 2.28. The quantitative estimate of drug-likeness (QED) is 0.923. The minimum absolute atomic E-state index is 0.00460. The SMILES string of the molecule is CNc1cc(C(=O)N2CCN(CC3CC3)CC2)c(Cl)cn1. The van der Waals surface area contributed by atoms with E-state index >= 15 is 0 Å². The molecule has 2 heterocycles. The molecule has 0 bridgehead atoms. The van der Waals surface area contributed by atoms with E-state index < -0.39 is 0 Å². The smallest absolute Gasteiger partial charge is 0.255 e. The van der Waals surface area contributed by atoms with Gasteiger partial charge >= 0.3 is 0 Å². The molecule has 114 valence electrons. The predicted octanol–water partition coefficient (Wildman–Crippen LogP) is 1.94. The van der Waals surface area contributed by atoms with Crippen LogP contribution < -0.4 is 5.32 Å². The molecular formula is C15H21ClN4O. The number of carbonyl (C=O) groups is 1. The minimum atomic E-state index is 0.00460. The number of carbonyl (C=O) groups excluding carboxylic acids is 1. The number of piperazine rings is 1. The molecule has 6 heteroatoms. The van der Waals surface area contributed by atoms with Crippen LogP contribution in [0.25, 0.3) is 0 Å². The lowest BCUT2D eigenvalue weighted by Gasteiger charge is -2.35. The molecule has 0 radical (unpaired) electrons. The Labute approximate surface area is 130 Å². The van der Waals surface area contributed by atoms with E-state index in [1.807, 2.05) is 4.90 Å². The molecule has 1 aromatic rings. The van der Waals surface area contributed by atoms with E-state index in [1.165, 1.54) is 25.6 Å². The maximum Gasteiger partial charge on any atom is 0.255 e. The molecule has 3 rings (SSSR count). The van der Waals surface area contributed by atoms with Gasteiger partial charge < -0.3 is 10.2 Å². The summed E-state index contributed by atoms with van der Waals surface area (Å²) in [5.74, 6) is 1.57. The van der Waals surface area contributed by atoms with Crippen molar-refractivity contribution in [2.75, 3.05) is 45.1 Å². The number of nitrogens with one attached hydrogen (secondary N) is 1. The van der Waals surface area contributed by atoms with Gasteiger partial charge in [-0.15, -0.1) is 0 Å². The van der Waals surface area contributed by atoms with Crippen LogP contribution in [0.5, 0.6) is 0 Å². The molecule has 1 amide bonds. The van der Waals surface area contributed by atoms with Crippen LogP contribution in [0.4, 0.5) is 5.82 Å². The molecule has 0 unspecified atom stereocenters. The summed E-state index contributed by atoms with van der Waals surface area (Å²) in [6, 6.07) is 1.72. The molecule has 0 spiro atoms. The number of pyridine rings is 1. The van der Waals surface area contributed by atoms with Crippen molar-refractivity contribution in [2.24, 2.45) is 5.92 Å². The van der Waals surface area contributed by atoms with Crippen molar-refractivity contribution in [3.05, 3.63) is 22.8 Å². The third-order valence-electron chi connectivity index (χ3n) is 4.21. The van der Waals surface area contributed by atoms with Gasteiger partial charge in [-0.1, -0.05) is 11.6 Å². The van der Waals surface area contributed by atoms with Crippen LogP contribution in [0.3, 0.4) is 0 Å². The molecule has 1 N–H and O–H groups in total. The molecule has 0 atom stereocenters. The van der Waals surface area contributed by atoms with Gasteiger partial charge in [0, 0.05) is 46.0 Å². The van der Waals surface area contributed by atoms with Crippen molar-refractivity contribution in [3.8, 4) is 0 Å². The van der Waals surface area contributed by atoms with Crippen LogP contribution in [0.2, 0.25) is 5.02 Å². The number of hydrogen-bond acceptors (Lipinski definition) is 4. The standard InChI is InChI=1S/C15H21ClN4O/c1-17-14-8-12(13(16)9-18-14)15(21)20-6-4-19(5-7-20)10-11-2-3-11/h8-9,11H,2-7,10H2,1H3,(H,17,18). The first kappa shape index (κ1) is 14.6. The number of aromatic nitrogens is 1. The second kappa shape index (κ2) is 6.20. The Morgan fingerprint density at radius 2 is 2.10 bits per heavy atom. The first-order valence-electron chi connectivity index (χ1n) is 7.52. The Balaban J connectivity index is 1.63. The van der Waals surface area contributed by atoms with E-state index in [4.69, 9.17) is 11.6 Å². The Bertz CT molecular complexity index is 524. The van der Waals surface area contributed by atoms with Gasteiger partial charge in [-0.25, -0.2) is 4.98 Å². The van der Waals surface area contributed by atoms with Gasteiger partial charge in [0.25, 0.3) is 5.91 Å². The van der Waals surface area contributed by atoms with Crippen molar-refractivity contribution in [1.29, 1.82) is 0 Å². The Kier molecular flexibility index (Phi) is 4.31. The Morgan fingerprint density at radius 1 is 1.38 bits per heavy atom. The summed E-state index contributed by atoms with van der Waals surface area (Å²) < 4.78 is 0. The van der Waals surface area contributed by atoms with Gasteiger partial charge in [0.2, 0.25) is 0 Å². The van der Waals surface area contributed by atoms with Crippen LogP contribution in [-0.2, 0) is 0 Å². The average Bonchev–Trinajstić information content (AvgIpc) is 3.32. The van der Waals surface area contributed by atoms with Crippen molar-refractivity contribution in [1.82, 2.24) is 14.8 Å². The molecule has 1 aliphatic carbocycles. The Hall–Kier alpha value is -1.33. The predicted molar refractivity (Wildman–Crippen MR) is 83.9 cm³/mol. The minimum Gasteiger partial charge on any atom is -0.373 e. The largest absolute Gasteiger partial charge is 0.373 e. The van der Waals surface area contributed by atoms with E-state index in [0.717, 1.165) is 32.1 Å². The van der Waals surface area contributed by atoms with Gasteiger partial charge in [0.1, 0.15) is 5.82 Å². The van der Waals surface area contributed by atoms with Gasteiger partial charge in [-0.2, -0.15) is 0 Å². The summed E-state index contributed by atoms with van der Waals surface area (Å²) in [5, 5.41) is 3.36. The average molecular weight is 309 g/mol. The van der Waals surface area contributed by atoms with Crippen LogP contribution in [-0.4, -0.2) is 60.5 Å². The van der Waals surface area contributed by atoms with E-state index in [1.54, 1.807) is 13.1 Å². The zero-order valence-corrected chi connectivity index (χ0v) is 13.1. The fourth-order valence-electron chi connectivity index (χ4n) is 2.71.